The van der Waals surface area contributed by atoms with Gasteiger partial charge in [-0.1, -0.05) is 97.1 Å². The number of pyridine rings is 1. The van der Waals surface area contributed by atoms with Crippen LogP contribution in [0.2, 0.25) is 0 Å². The highest BCUT2D eigenvalue weighted by molar-refractivity contribution is 6.22. The first-order chi connectivity index (χ1) is 25.8. The van der Waals surface area contributed by atoms with Gasteiger partial charge in [0.05, 0.1) is 27.6 Å². The first-order valence-corrected chi connectivity index (χ1v) is 17.9. The molecule has 3 heteroatoms. The summed E-state index contributed by atoms with van der Waals surface area (Å²) in [4.78, 5) is 4.67. The molecule has 1 aliphatic carbocycles. The lowest BCUT2D eigenvalue weighted by Crippen LogP contribution is -1.94. The number of hydrogen-bond donors (Lipinski definition) is 0. The second kappa shape index (κ2) is 10.3. The smallest absolute Gasteiger partial charge is 0.0714 e. The fraction of sp³-hybridized carbons (Fsp3) is 0. The Bertz CT molecular complexity index is 3280. The van der Waals surface area contributed by atoms with Gasteiger partial charge in [0.2, 0.25) is 0 Å². The second-order valence-electron chi connectivity index (χ2n) is 14.0. The molecule has 1 aliphatic rings. The number of hydrogen-bond acceptors (Lipinski definition) is 1. The number of fused-ring (bicyclic) bond motifs is 11. The van der Waals surface area contributed by atoms with E-state index in [9.17, 15) is 0 Å². The van der Waals surface area contributed by atoms with Crippen LogP contribution < -0.4 is 0 Å². The molecule has 0 atom stereocenters. The van der Waals surface area contributed by atoms with Crippen LogP contribution in [0.4, 0.5) is 0 Å². The molecule has 3 aromatic heterocycles. The van der Waals surface area contributed by atoms with Gasteiger partial charge in [0.1, 0.15) is 0 Å². The maximum absolute atomic E-state index is 4.67. The molecular formula is C49H29N3. The Morgan fingerprint density at radius 2 is 1.04 bits per heavy atom. The van der Waals surface area contributed by atoms with Crippen molar-refractivity contribution in [1.82, 2.24) is 14.1 Å². The zero-order valence-electron chi connectivity index (χ0n) is 28.1. The average Bonchev–Trinajstić information content (AvgIpc) is 3.84. The summed E-state index contributed by atoms with van der Waals surface area (Å²) in [6.45, 7) is 0. The SMILES string of the molecule is c1ccc(-n2c3ccc(-c4ccc5c(c4)c4ccccc4n5-c4ccc5c(c4)-c4cccc6nccc-5c46)cc3c3c4ccccc4ccc32)cc1. The Kier molecular flexibility index (Phi) is 5.50. The molecule has 0 bridgehead atoms. The Morgan fingerprint density at radius 1 is 0.346 bits per heavy atom. The van der Waals surface area contributed by atoms with Gasteiger partial charge >= 0.3 is 0 Å². The van der Waals surface area contributed by atoms with E-state index in [0.717, 1.165) is 11.2 Å². The van der Waals surface area contributed by atoms with E-state index in [-0.39, 0.29) is 0 Å². The summed E-state index contributed by atoms with van der Waals surface area (Å²) < 4.78 is 4.84. The number of benzene rings is 8. The van der Waals surface area contributed by atoms with Crippen molar-refractivity contribution in [1.29, 1.82) is 0 Å². The fourth-order valence-electron chi connectivity index (χ4n) is 9.04. The largest absolute Gasteiger partial charge is 0.309 e. The Balaban J connectivity index is 1.07. The van der Waals surface area contributed by atoms with Crippen LogP contribution in [0.25, 0.3) is 110 Å². The topological polar surface area (TPSA) is 22.8 Å². The Morgan fingerprint density at radius 3 is 1.92 bits per heavy atom. The number of para-hydroxylation sites is 2. The molecule has 0 saturated carbocycles. The van der Waals surface area contributed by atoms with Gasteiger partial charge in [-0.25, -0.2) is 0 Å². The third kappa shape index (κ3) is 3.72. The van der Waals surface area contributed by atoms with E-state index >= 15 is 0 Å². The predicted octanol–water partition coefficient (Wildman–Crippen LogP) is 12.9. The van der Waals surface area contributed by atoms with Gasteiger partial charge in [-0.05, 0) is 117 Å². The number of nitrogens with zero attached hydrogens (tertiary/aromatic N) is 3. The summed E-state index contributed by atoms with van der Waals surface area (Å²) >= 11 is 0. The van der Waals surface area contributed by atoms with E-state index in [1.807, 2.05) is 6.20 Å². The molecule has 0 aliphatic heterocycles. The van der Waals surface area contributed by atoms with Gasteiger partial charge in [0.25, 0.3) is 0 Å². The van der Waals surface area contributed by atoms with E-state index in [1.54, 1.807) is 0 Å². The highest BCUT2D eigenvalue weighted by Crippen LogP contribution is 2.48. The van der Waals surface area contributed by atoms with Crippen molar-refractivity contribution in [3.05, 3.63) is 176 Å². The van der Waals surface area contributed by atoms with Crippen LogP contribution in [0.3, 0.4) is 0 Å². The number of aromatic nitrogens is 3. The zero-order chi connectivity index (χ0) is 33.9. The van der Waals surface area contributed by atoms with Gasteiger partial charge in [-0.15, -0.1) is 0 Å². The molecule has 12 rings (SSSR count). The molecule has 0 unspecified atom stereocenters. The van der Waals surface area contributed by atoms with Crippen molar-refractivity contribution in [2.24, 2.45) is 0 Å². The first-order valence-electron chi connectivity index (χ1n) is 17.9. The van der Waals surface area contributed by atoms with Crippen LogP contribution in [0.15, 0.2) is 176 Å². The summed E-state index contributed by atoms with van der Waals surface area (Å²) in [5.74, 6) is 0. The van der Waals surface area contributed by atoms with Crippen molar-refractivity contribution < 1.29 is 0 Å². The molecule has 0 fully saturated rings. The molecule has 0 amide bonds. The van der Waals surface area contributed by atoms with E-state index < -0.39 is 0 Å². The maximum Gasteiger partial charge on any atom is 0.0714 e. The van der Waals surface area contributed by atoms with Gasteiger partial charge < -0.3 is 9.13 Å². The van der Waals surface area contributed by atoms with Crippen molar-refractivity contribution in [2.75, 3.05) is 0 Å². The molecule has 240 valence electrons. The van der Waals surface area contributed by atoms with Gasteiger partial charge in [0.15, 0.2) is 0 Å². The minimum atomic E-state index is 1.05. The summed E-state index contributed by atoms with van der Waals surface area (Å²) in [5, 5.41) is 8.84. The van der Waals surface area contributed by atoms with Crippen LogP contribution in [-0.4, -0.2) is 14.1 Å². The number of rotatable bonds is 3. The van der Waals surface area contributed by atoms with Crippen molar-refractivity contribution in [2.45, 2.75) is 0 Å². The van der Waals surface area contributed by atoms with E-state index in [1.165, 1.54) is 98.8 Å². The van der Waals surface area contributed by atoms with Crippen molar-refractivity contribution in [3.8, 4) is 44.8 Å². The van der Waals surface area contributed by atoms with Crippen molar-refractivity contribution in [3.63, 3.8) is 0 Å². The first kappa shape index (κ1) is 27.8. The van der Waals surface area contributed by atoms with Crippen LogP contribution >= 0.6 is 0 Å². The van der Waals surface area contributed by atoms with Crippen LogP contribution in [0.1, 0.15) is 0 Å². The summed E-state index contributed by atoms with van der Waals surface area (Å²) in [7, 11) is 0. The summed E-state index contributed by atoms with van der Waals surface area (Å²) in [5.41, 5.74) is 15.7. The van der Waals surface area contributed by atoms with Gasteiger partial charge in [0, 0.05) is 44.5 Å². The second-order valence-corrected chi connectivity index (χ2v) is 14.0. The average molecular weight is 660 g/mol. The molecule has 8 aromatic carbocycles. The lowest BCUT2D eigenvalue weighted by atomic mass is 9.99. The minimum Gasteiger partial charge on any atom is -0.309 e. The van der Waals surface area contributed by atoms with Crippen LogP contribution in [-0.2, 0) is 0 Å². The van der Waals surface area contributed by atoms with E-state index in [4.69, 9.17) is 0 Å². The third-order valence-corrected chi connectivity index (χ3v) is 11.3. The molecule has 0 N–H and O–H groups in total. The molecular weight excluding hydrogens is 631 g/mol. The van der Waals surface area contributed by atoms with Gasteiger partial charge in [-0.2, -0.15) is 0 Å². The molecule has 11 aromatic rings. The molecule has 3 nitrogen and oxygen atoms in total. The molecule has 3 heterocycles. The highest BCUT2D eigenvalue weighted by Gasteiger charge is 2.23. The molecule has 0 spiro atoms. The van der Waals surface area contributed by atoms with E-state index in [2.05, 4.69) is 184 Å². The van der Waals surface area contributed by atoms with Gasteiger partial charge in [-0.3, -0.25) is 4.98 Å². The van der Waals surface area contributed by atoms with Crippen LogP contribution in [0.5, 0.6) is 0 Å². The lowest BCUT2D eigenvalue weighted by molar-refractivity contribution is 1.18. The zero-order valence-corrected chi connectivity index (χ0v) is 28.1. The Hall–Kier alpha value is -6.97. The molecule has 0 saturated heterocycles. The standard InChI is InChI=1S/C49H29N3/c1-2-10-33(11-3-1)51-46-23-19-32(28-42(46)49-35-12-5-4-9-30(35)17-24-47(49)51)31-18-22-45-41(27-31)37-13-6-7-16-44(37)52(45)34-20-21-36-39-25-26-50-43-15-8-14-38(48(39)43)40(36)29-34/h1-29H. The molecule has 0 radical (unpaired) electrons. The minimum absolute atomic E-state index is 1.05. The summed E-state index contributed by atoms with van der Waals surface area (Å²) in [6.07, 6.45) is 1.93. The highest BCUT2D eigenvalue weighted by atomic mass is 15.0. The summed E-state index contributed by atoms with van der Waals surface area (Å²) in [6, 6.07) is 62.3. The predicted molar refractivity (Wildman–Crippen MR) is 218 cm³/mol. The van der Waals surface area contributed by atoms with Crippen molar-refractivity contribution >= 4 is 65.3 Å². The molecule has 52 heavy (non-hydrogen) atoms. The van der Waals surface area contributed by atoms with Crippen LogP contribution in [0, 0.1) is 0 Å². The lowest BCUT2D eigenvalue weighted by Gasteiger charge is -2.11. The Labute approximate surface area is 299 Å². The monoisotopic (exact) mass is 659 g/mol. The fourth-order valence-corrected chi connectivity index (χ4v) is 9.04. The third-order valence-electron chi connectivity index (χ3n) is 11.3. The quantitative estimate of drug-likeness (QED) is 0.185. The maximum atomic E-state index is 4.67. The van der Waals surface area contributed by atoms with E-state index in [0.29, 0.717) is 0 Å². The normalized spacial score (nSPS) is 12.2.